The number of hydrogen-bond donors (Lipinski definition) is 2. The van der Waals surface area contributed by atoms with E-state index >= 15 is 0 Å². The van der Waals surface area contributed by atoms with Crippen LogP contribution >= 0.6 is 0 Å². The Morgan fingerprint density at radius 1 is 1.12 bits per heavy atom. The van der Waals surface area contributed by atoms with Crippen LogP contribution in [0.25, 0.3) is 11.0 Å². The summed E-state index contributed by atoms with van der Waals surface area (Å²) in [6.45, 7) is 3.39. The highest BCUT2D eigenvalue weighted by Gasteiger charge is 2.40. The maximum absolute atomic E-state index is 13.4. The van der Waals surface area contributed by atoms with E-state index in [0.717, 1.165) is 5.56 Å². The number of aldehydes is 1. The highest BCUT2D eigenvalue weighted by atomic mass is 16.7. The van der Waals surface area contributed by atoms with Gasteiger partial charge in [-0.25, -0.2) is 0 Å². The smallest absolute Gasteiger partial charge is 0.233 e. The minimum Gasteiger partial charge on any atom is -0.464 e. The lowest BCUT2D eigenvalue weighted by Gasteiger charge is -2.35. The van der Waals surface area contributed by atoms with E-state index < -0.39 is 36.2 Å². The van der Waals surface area contributed by atoms with Crippen LogP contribution in [0, 0.1) is 6.92 Å². The minimum atomic E-state index is -1.05. The summed E-state index contributed by atoms with van der Waals surface area (Å²) in [6, 6.07) is 7.94. The zero-order chi connectivity index (χ0) is 22.7. The molecule has 1 fully saturated rings. The van der Waals surface area contributed by atoms with Crippen LogP contribution in [0.3, 0.4) is 0 Å². The van der Waals surface area contributed by atoms with Gasteiger partial charge in [0.05, 0.1) is 23.3 Å². The Bertz CT molecular complexity index is 1270. The Kier molecular flexibility index (Phi) is 4.74. The summed E-state index contributed by atoms with van der Waals surface area (Å²) in [5.41, 5.74) is 1.55. The van der Waals surface area contributed by atoms with Crippen molar-refractivity contribution < 1.29 is 38.5 Å². The van der Waals surface area contributed by atoms with Gasteiger partial charge in [0.15, 0.2) is 17.8 Å². The molecule has 164 valence electrons. The molecule has 2 heterocycles. The molecule has 1 saturated heterocycles. The molecule has 0 spiro atoms. The predicted molar refractivity (Wildman–Crippen MR) is 111 cm³/mol. The van der Waals surface area contributed by atoms with Crippen LogP contribution in [0.4, 0.5) is 0 Å². The maximum Gasteiger partial charge on any atom is 0.233 e. The van der Waals surface area contributed by atoms with Crippen molar-refractivity contribution in [2.75, 3.05) is 0 Å². The number of benzene rings is 2. The number of ether oxygens (including phenoxy) is 2. The average molecular weight is 436 g/mol. The van der Waals surface area contributed by atoms with Gasteiger partial charge in [0.25, 0.3) is 0 Å². The van der Waals surface area contributed by atoms with Gasteiger partial charge in [-0.15, -0.1) is 0 Å². The normalized spacial score (nSPS) is 24.9. The second-order valence-electron chi connectivity index (χ2n) is 8.17. The molecule has 32 heavy (non-hydrogen) atoms. The van der Waals surface area contributed by atoms with Gasteiger partial charge in [0.1, 0.15) is 17.4 Å². The summed E-state index contributed by atoms with van der Waals surface area (Å²) in [7, 11) is 0. The van der Waals surface area contributed by atoms with E-state index in [9.17, 15) is 24.6 Å². The van der Waals surface area contributed by atoms with E-state index in [2.05, 4.69) is 0 Å². The highest BCUT2D eigenvalue weighted by Crippen LogP contribution is 2.40. The van der Waals surface area contributed by atoms with Crippen LogP contribution in [0.2, 0.25) is 0 Å². The van der Waals surface area contributed by atoms with Crippen LogP contribution in [0.15, 0.2) is 34.7 Å². The Labute approximate surface area is 182 Å². The molecule has 4 atom stereocenters. The van der Waals surface area contributed by atoms with Crippen molar-refractivity contribution in [3.8, 4) is 5.75 Å². The van der Waals surface area contributed by atoms with Crippen molar-refractivity contribution in [1.29, 1.82) is 0 Å². The first kappa shape index (κ1) is 20.6. The fraction of sp³-hybridized carbons (Fsp3) is 0.292. The molecule has 0 amide bonds. The lowest BCUT2D eigenvalue weighted by atomic mass is 9.85. The zero-order valence-electron chi connectivity index (χ0n) is 17.3. The molecular weight excluding hydrogens is 416 g/mol. The first-order valence-electron chi connectivity index (χ1n) is 10.2. The molecule has 1 aromatic heterocycles. The number of aryl methyl sites for hydroxylation is 1. The summed E-state index contributed by atoms with van der Waals surface area (Å²) in [5, 5.41) is 20.2. The Morgan fingerprint density at radius 2 is 1.91 bits per heavy atom. The molecule has 2 N–H and O–H groups in total. The second kappa shape index (κ2) is 7.37. The summed E-state index contributed by atoms with van der Waals surface area (Å²) in [5.74, 6) is -1.02. The van der Waals surface area contributed by atoms with Gasteiger partial charge in [0.2, 0.25) is 12.1 Å². The van der Waals surface area contributed by atoms with Gasteiger partial charge in [-0.3, -0.25) is 14.4 Å². The van der Waals surface area contributed by atoms with Gasteiger partial charge >= 0.3 is 0 Å². The summed E-state index contributed by atoms with van der Waals surface area (Å²) in [6.07, 6.45) is -3.05. The summed E-state index contributed by atoms with van der Waals surface area (Å²) < 4.78 is 17.2. The highest BCUT2D eigenvalue weighted by molar-refractivity contribution is 6.33. The second-order valence-corrected chi connectivity index (χ2v) is 8.17. The third kappa shape index (κ3) is 2.99. The number of fused-ring (bicyclic) bond motifs is 4. The zero-order valence-corrected chi connectivity index (χ0v) is 17.3. The molecule has 8 heteroatoms. The van der Waals surface area contributed by atoms with E-state index in [0.29, 0.717) is 11.7 Å². The molecule has 5 rings (SSSR count). The van der Waals surface area contributed by atoms with Crippen molar-refractivity contribution >= 4 is 28.8 Å². The van der Waals surface area contributed by atoms with E-state index in [1.807, 2.05) is 0 Å². The van der Waals surface area contributed by atoms with Crippen LogP contribution < -0.4 is 4.74 Å². The molecule has 2 aromatic carbocycles. The number of aliphatic hydroxyl groups excluding tert-OH is 2. The number of furan rings is 1. The third-order valence-electron chi connectivity index (χ3n) is 5.96. The van der Waals surface area contributed by atoms with Gasteiger partial charge in [-0.2, -0.15) is 0 Å². The van der Waals surface area contributed by atoms with Crippen molar-refractivity contribution in [2.45, 2.75) is 44.9 Å². The number of ketones is 2. The summed E-state index contributed by atoms with van der Waals surface area (Å²) in [4.78, 5) is 38.4. The SMILES string of the molecule is Cc1cc(C=O)c2c3c(oc2c1)C(=O)c1c(OC2CC(O)[C@@H](O)[C@H](C)O2)cccc1C3=O. The van der Waals surface area contributed by atoms with Gasteiger partial charge in [-0.1, -0.05) is 12.1 Å². The van der Waals surface area contributed by atoms with Crippen molar-refractivity contribution in [3.63, 3.8) is 0 Å². The third-order valence-corrected chi connectivity index (χ3v) is 5.96. The van der Waals surface area contributed by atoms with Crippen LogP contribution in [0.5, 0.6) is 5.75 Å². The molecule has 0 saturated carbocycles. The molecule has 0 bridgehead atoms. The van der Waals surface area contributed by atoms with E-state index in [1.165, 1.54) is 12.1 Å². The Morgan fingerprint density at radius 3 is 2.62 bits per heavy atom. The molecule has 1 aliphatic heterocycles. The van der Waals surface area contributed by atoms with Gasteiger partial charge in [0, 0.05) is 22.9 Å². The molecule has 3 aromatic rings. The number of hydrogen-bond acceptors (Lipinski definition) is 8. The van der Waals surface area contributed by atoms with Crippen LogP contribution in [0.1, 0.15) is 61.3 Å². The van der Waals surface area contributed by atoms with Crippen molar-refractivity contribution in [2.24, 2.45) is 0 Å². The topological polar surface area (TPSA) is 123 Å². The number of rotatable bonds is 3. The maximum atomic E-state index is 13.4. The van der Waals surface area contributed by atoms with Gasteiger partial charge in [-0.05, 0) is 37.6 Å². The number of aliphatic hydroxyl groups is 2. The molecule has 1 aliphatic carbocycles. The predicted octanol–water partition coefficient (Wildman–Crippen LogP) is 2.56. The van der Waals surface area contributed by atoms with Crippen LogP contribution in [-0.4, -0.2) is 52.7 Å². The first-order valence-corrected chi connectivity index (χ1v) is 10.2. The lowest BCUT2D eigenvalue weighted by molar-refractivity contribution is -0.216. The van der Waals surface area contributed by atoms with Crippen molar-refractivity contribution in [3.05, 3.63) is 63.9 Å². The van der Waals surface area contributed by atoms with Gasteiger partial charge < -0.3 is 24.1 Å². The number of carbonyl (C=O) groups is 3. The largest absolute Gasteiger partial charge is 0.464 e. The lowest BCUT2D eigenvalue weighted by Crippen LogP contribution is -2.48. The van der Waals surface area contributed by atoms with E-state index in [-0.39, 0.29) is 45.8 Å². The fourth-order valence-corrected chi connectivity index (χ4v) is 4.42. The fourth-order valence-electron chi connectivity index (χ4n) is 4.42. The Hall–Kier alpha value is -3.33. The summed E-state index contributed by atoms with van der Waals surface area (Å²) >= 11 is 0. The molecule has 2 unspecified atom stereocenters. The molecule has 8 nitrogen and oxygen atoms in total. The minimum absolute atomic E-state index is 0.00479. The van der Waals surface area contributed by atoms with E-state index in [1.54, 1.807) is 32.0 Å². The molecular formula is C24H20O8. The van der Waals surface area contributed by atoms with Crippen molar-refractivity contribution in [1.82, 2.24) is 0 Å². The first-order chi connectivity index (χ1) is 15.3. The number of carbonyl (C=O) groups excluding carboxylic acids is 3. The van der Waals surface area contributed by atoms with E-state index in [4.69, 9.17) is 13.9 Å². The molecule has 2 aliphatic rings. The van der Waals surface area contributed by atoms with Crippen LogP contribution in [-0.2, 0) is 4.74 Å². The molecule has 0 radical (unpaired) electrons. The average Bonchev–Trinajstić information content (AvgIpc) is 3.15. The standard InChI is InChI=1S/C24H20O8/c1-10-6-12(9-25)18-16(7-10)32-24-20(18)22(28)13-4-3-5-15(19(13)23(24)29)31-17-8-14(26)21(27)11(2)30-17/h3-7,9,11,14,17,21,26-27H,8H2,1-2H3/t11-,14?,17?,21-/m0/s1. The Balaban J connectivity index is 1.60. The monoisotopic (exact) mass is 436 g/mol. The quantitative estimate of drug-likeness (QED) is 0.470.